The van der Waals surface area contributed by atoms with Gasteiger partial charge in [-0.05, 0) is 34.0 Å². The number of carbonyl (C=O) groups is 2. The van der Waals surface area contributed by atoms with Gasteiger partial charge in [0.05, 0.1) is 11.9 Å². The fraction of sp³-hybridized carbons (Fsp3) is 0.286. The lowest BCUT2D eigenvalue weighted by Gasteiger charge is -2.08. The van der Waals surface area contributed by atoms with E-state index >= 15 is 0 Å². The third kappa shape index (κ3) is 4.14. The van der Waals surface area contributed by atoms with E-state index in [-0.39, 0.29) is 30.5 Å². The standard InChI is InChI=1S/C14H15BrN4O3/c1-9(6-13(20)21)7-16-14(22)11-8-19(18-17-11)12-5-3-2-4-10(12)15/h2-5,8-9H,6-7H2,1H3,(H,16,22)(H,20,21). The number of para-hydroxylation sites is 1. The molecule has 0 fully saturated rings. The van der Waals surface area contributed by atoms with E-state index in [0.717, 1.165) is 10.2 Å². The van der Waals surface area contributed by atoms with Crippen LogP contribution in [0.2, 0.25) is 0 Å². The number of aromatic nitrogens is 3. The second kappa shape index (κ2) is 7.17. The van der Waals surface area contributed by atoms with Crippen LogP contribution in [0.25, 0.3) is 5.69 Å². The van der Waals surface area contributed by atoms with Crippen molar-refractivity contribution >= 4 is 27.8 Å². The van der Waals surface area contributed by atoms with Gasteiger partial charge in [0.25, 0.3) is 5.91 Å². The Kier molecular flexibility index (Phi) is 5.26. The summed E-state index contributed by atoms with van der Waals surface area (Å²) < 4.78 is 2.33. The Morgan fingerprint density at radius 2 is 2.14 bits per heavy atom. The zero-order chi connectivity index (χ0) is 16.1. The maximum absolute atomic E-state index is 12.0. The fourth-order valence-corrected chi connectivity index (χ4v) is 2.32. The number of hydrogen-bond donors (Lipinski definition) is 2. The normalized spacial score (nSPS) is 11.9. The molecule has 0 saturated heterocycles. The quantitative estimate of drug-likeness (QED) is 0.813. The summed E-state index contributed by atoms with van der Waals surface area (Å²) in [7, 11) is 0. The van der Waals surface area contributed by atoms with E-state index < -0.39 is 5.97 Å². The van der Waals surface area contributed by atoms with Crippen LogP contribution >= 0.6 is 15.9 Å². The Hall–Kier alpha value is -2.22. The third-order valence-corrected chi connectivity index (χ3v) is 3.63. The van der Waals surface area contributed by atoms with E-state index in [2.05, 4.69) is 31.6 Å². The SMILES string of the molecule is CC(CNC(=O)c1cn(-c2ccccc2Br)nn1)CC(=O)O. The zero-order valence-corrected chi connectivity index (χ0v) is 13.4. The number of nitrogens with one attached hydrogen (secondary N) is 1. The number of halogens is 1. The van der Waals surface area contributed by atoms with Crippen LogP contribution in [0.4, 0.5) is 0 Å². The number of carbonyl (C=O) groups excluding carboxylic acids is 1. The summed E-state index contributed by atoms with van der Waals surface area (Å²) in [6.45, 7) is 2.03. The molecule has 22 heavy (non-hydrogen) atoms. The molecule has 0 spiro atoms. The van der Waals surface area contributed by atoms with Gasteiger partial charge in [-0.2, -0.15) is 0 Å². The summed E-state index contributed by atoms with van der Waals surface area (Å²) in [5, 5.41) is 19.1. The summed E-state index contributed by atoms with van der Waals surface area (Å²) >= 11 is 3.41. The molecule has 2 N–H and O–H groups in total. The van der Waals surface area contributed by atoms with Crippen molar-refractivity contribution in [3.05, 3.63) is 40.6 Å². The number of nitrogens with zero attached hydrogens (tertiary/aromatic N) is 3. The Morgan fingerprint density at radius 3 is 2.82 bits per heavy atom. The molecule has 2 aromatic rings. The number of hydrogen-bond acceptors (Lipinski definition) is 4. The average molecular weight is 367 g/mol. The first-order valence-corrected chi connectivity index (χ1v) is 7.44. The number of rotatable bonds is 6. The topological polar surface area (TPSA) is 97.1 Å². The summed E-state index contributed by atoms with van der Waals surface area (Å²) in [5.41, 5.74) is 0.951. The van der Waals surface area contributed by atoms with Crippen molar-refractivity contribution in [2.45, 2.75) is 13.3 Å². The van der Waals surface area contributed by atoms with Crippen molar-refractivity contribution in [3.63, 3.8) is 0 Å². The van der Waals surface area contributed by atoms with E-state index in [9.17, 15) is 9.59 Å². The third-order valence-electron chi connectivity index (χ3n) is 2.96. The molecule has 0 bridgehead atoms. The highest BCUT2D eigenvalue weighted by Crippen LogP contribution is 2.19. The molecule has 0 aliphatic rings. The van der Waals surface area contributed by atoms with E-state index in [1.165, 1.54) is 10.9 Å². The van der Waals surface area contributed by atoms with Crippen molar-refractivity contribution in [2.24, 2.45) is 5.92 Å². The van der Waals surface area contributed by atoms with Gasteiger partial charge in [0, 0.05) is 17.4 Å². The van der Waals surface area contributed by atoms with E-state index in [1.54, 1.807) is 6.92 Å². The van der Waals surface area contributed by atoms with Gasteiger partial charge >= 0.3 is 5.97 Å². The summed E-state index contributed by atoms with van der Waals surface area (Å²) in [6, 6.07) is 7.44. The van der Waals surface area contributed by atoms with Crippen molar-refractivity contribution in [1.29, 1.82) is 0 Å². The molecule has 1 amide bonds. The first-order valence-electron chi connectivity index (χ1n) is 6.64. The monoisotopic (exact) mass is 366 g/mol. The number of carboxylic acids is 1. The van der Waals surface area contributed by atoms with Gasteiger partial charge in [-0.3, -0.25) is 9.59 Å². The molecule has 0 radical (unpaired) electrons. The molecular weight excluding hydrogens is 352 g/mol. The van der Waals surface area contributed by atoms with Gasteiger partial charge in [0.15, 0.2) is 5.69 Å². The summed E-state index contributed by atoms with van der Waals surface area (Å²) in [4.78, 5) is 22.6. The summed E-state index contributed by atoms with van der Waals surface area (Å²) in [6.07, 6.45) is 1.53. The molecule has 2 rings (SSSR count). The van der Waals surface area contributed by atoms with Crippen molar-refractivity contribution in [3.8, 4) is 5.69 Å². The van der Waals surface area contributed by atoms with Crippen LogP contribution in [-0.4, -0.2) is 38.5 Å². The van der Waals surface area contributed by atoms with Crippen LogP contribution in [0.3, 0.4) is 0 Å². The molecular formula is C14H15BrN4O3. The molecule has 8 heteroatoms. The fourth-order valence-electron chi connectivity index (χ4n) is 1.85. The molecule has 7 nitrogen and oxygen atoms in total. The first-order chi connectivity index (χ1) is 10.5. The maximum Gasteiger partial charge on any atom is 0.303 e. The van der Waals surface area contributed by atoms with Crippen LogP contribution in [0.5, 0.6) is 0 Å². The molecule has 1 heterocycles. The number of aliphatic carboxylic acids is 1. The maximum atomic E-state index is 12.0. The average Bonchev–Trinajstić information content (AvgIpc) is 2.94. The first kappa shape index (κ1) is 16.2. The van der Waals surface area contributed by atoms with Crippen LogP contribution in [0.15, 0.2) is 34.9 Å². The Balaban J connectivity index is 2.01. The Labute approximate surface area is 135 Å². The Morgan fingerprint density at radius 1 is 1.41 bits per heavy atom. The second-order valence-electron chi connectivity index (χ2n) is 4.91. The van der Waals surface area contributed by atoms with Gasteiger partial charge in [-0.1, -0.05) is 24.3 Å². The van der Waals surface area contributed by atoms with Crippen LogP contribution in [0.1, 0.15) is 23.8 Å². The minimum atomic E-state index is -0.887. The lowest BCUT2D eigenvalue weighted by Crippen LogP contribution is -2.29. The van der Waals surface area contributed by atoms with Gasteiger partial charge in [-0.25, -0.2) is 4.68 Å². The molecule has 1 aromatic heterocycles. The minimum absolute atomic E-state index is 0.00390. The molecule has 1 atom stereocenters. The van der Waals surface area contributed by atoms with Crippen LogP contribution in [0, 0.1) is 5.92 Å². The van der Waals surface area contributed by atoms with Crippen molar-refractivity contribution in [2.75, 3.05) is 6.54 Å². The van der Waals surface area contributed by atoms with Gasteiger partial charge in [0.1, 0.15) is 0 Å². The van der Waals surface area contributed by atoms with Gasteiger partial charge < -0.3 is 10.4 Å². The molecule has 0 aliphatic heterocycles. The Bertz CT molecular complexity index is 686. The lowest BCUT2D eigenvalue weighted by molar-refractivity contribution is -0.137. The van der Waals surface area contributed by atoms with Crippen LogP contribution in [-0.2, 0) is 4.79 Å². The molecule has 0 saturated carbocycles. The van der Waals surface area contributed by atoms with Crippen molar-refractivity contribution in [1.82, 2.24) is 20.3 Å². The number of amides is 1. The molecule has 1 aromatic carbocycles. The predicted molar refractivity (Wildman–Crippen MR) is 82.8 cm³/mol. The van der Waals surface area contributed by atoms with E-state index in [0.29, 0.717) is 0 Å². The molecule has 116 valence electrons. The minimum Gasteiger partial charge on any atom is -0.481 e. The highest BCUT2D eigenvalue weighted by molar-refractivity contribution is 9.10. The number of benzene rings is 1. The van der Waals surface area contributed by atoms with Gasteiger partial charge in [0.2, 0.25) is 0 Å². The predicted octanol–water partition coefficient (Wildman–Crippen LogP) is 1.87. The lowest BCUT2D eigenvalue weighted by atomic mass is 10.1. The van der Waals surface area contributed by atoms with Crippen molar-refractivity contribution < 1.29 is 14.7 Å². The van der Waals surface area contributed by atoms with Gasteiger partial charge in [-0.15, -0.1) is 5.10 Å². The zero-order valence-electron chi connectivity index (χ0n) is 11.9. The smallest absolute Gasteiger partial charge is 0.303 e. The van der Waals surface area contributed by atoms with E-state index in [1.807, 2.05) is 24.3 Å². The molecule has 0 aliphatic carbocycles. The molecule has 1 unspecified atom stereocenters. The van der Waals surface area contributed by atoms with E-state index in [4.69, 9.17) is 5.11 Å². The number of carboxylic acid groups (broad SMARTS) is 1. The second-order valence-corrected chi connectivity index (χ2v) is 5.77. The summed E-state index contributed by atoms with van der Waals surface area (Å²) in [5.74, 6) is -1.42. The largest absolute Gasteiger partial charge is 0.481 e. The highest BCUT2D eigenvalue weighted by Gasteiger charge is 2.14. The van der Waals surface area contributed by atoms with Crippen LogP contribution < -0.4 is 5.32 Å². The highest BCUT2D eigenvalue weighted by atomic mass is 79.9.